The average Bonchev–Trinajstić information content (AvgIpc) is 2.27. The van der Waals surface area contributed by atoms with Crippen LogP contribution in [0.4, 0.5) is 4.39 Å². The lowest BCUT2D eigenvalue weighted by atomic mass is 10.2. The molecule has 0 fully saturated rings. The smallest absolute Gasteiger partial charge is 0.323 e. The van der Waals surface area contributed by atoms with Crippen molar-refractivity contribution in [2.45, 2.75) is 0 Å². The maximum absolute atomic E-state index is 12.8. The van der Waals surface area contributed by atoms with Gasteiger partial charge in [-0.15, -0.1) is 6.42 Å². The van der Waals surface area contributed by atoms with E-state index in [4.69, 9.17) is 11.5 Å². The zero-order chi connectivity index (χ0) is 12.8. The molecule has 1 amide bonds. The number of rotatable bonds is 4. The summed E-state index contributed by atoms with van der Waals surface area (Å²) in [7, 11) is 0. The minimum absolute atomic E-state index is 0.00833. The molecule has 0 aliphatic carbocycles. The summed E-state index contributed by atoms with van der Waals surface area (Å²) >= 11 is 0. The quantitative estimate of drug-likeness (QED) is 0.606. The second-order valence-corrected chi connectivity index (χ2v) is 3.13. The fourth-order valence-corrected chi connectivity index (χ4v) is 1.19. The summed E-state index contributed by atoms with van der Waals surface area (Å²) in [5.74, 6) is -0.480. The molecule has 1 N–H and O–H groups in total. The van der Waals surface area contributed by atoms with E-state index in [-0.39, 0.29) is 12.1 Å². The van der Waals surface area contributed by atoms with E-state index in [2.05, 4.69) is 10.9 Å². The van der Waals surface area contributed by atoms with Crippen molar-refractivity contribution < 1.29 is 19.1 Å². The summed E-state index contributed by atoms with van der Waals surface area (Å²) in [6.45, 7) is -0.692. The molecule has 0 spiro atoms. The Morgan fingerprint density at radius 2 is 2.29 bits per heavy atom. The van der Waals surface area contributed by atoms with Crippen LogP contribution >= 0.6 is 0 Å². The summed E-state index contributed by atoms with van der Waals surface area (Å²) < 4.78 is 12.8. The van der Waals surface area contributed by atoms with E-state index < -0.39 is 24.4 Å². The fourth-order valence-electron chi connectivity index (χ4n) is 1.19. The van der Waals surface area contributed by atoms with Crippen molar-refractivity contribution in [1.82, 2.24) is 9.88 Å². The van der Waals surface area contributed by atoms with Gasteiger partial charge in [-0.2, -0.15) is 4.39 Å². The highest BCUT2D eigenvalue weighted by Crippen LogP contribution is 2.05. The first-order valence-electron chi connectivity index (χ1n) is 4.60. The minimum atomic E-state index is -1.19. The summed E-state index contributed by atoms with van der Waals surface area (Å²) in [6.07, 6.45) is 6.15. The number of hydrogen-bond donors (Lipinski definition) is 1. The maximum Gasteiger partial charge on any atom is 0.323 e. The Bertz CT molecular complexity index is 482. The number of hydrogen-bond acceptors (Lipinski definition) is 3. The molecule has 0 unspecified atom stereocenters. The van der Waals surface area contributed by atoms with Crippen LogP contribution in [-0.4, -0.2) is 40.0 Å². The predicted octanol–water partition coefficient (Wildman–Crippen LogP) is 0.381. The molecule has 1 aromatic rings. The lowest BCUT2D eigenvalue weighted by Crippen LogP contribution is -2.36. The van der Waals surface area contributed by atoms with Crippen molar-refractivity contribution in [2.75, 3.05) is 13.1 Å². The summed E-state index contributed by atoms with van der Waals surface area (Å²) in [6, 6.07) is 2.21. The number of carbonyl (C=O) groups excluding carboxylic acids is 1. The highest BCUT2D eigenvalue weighted by molar-refractivity contribution is 5.95. The monoisotopic (exact) mass is 236 g/mol. The molecule has 5 nitrogen and oxygen atoms in total. The van der Waals surface area contributed by atoms with Crippen LogP contribution < -0.4 is 0 Å². The van der Waals surface area contributed by atoms with Crippen LogP contribution in [0.5, 0.6) is 0 Å². The first kappa shape index (κ1) is 12.6. The van der Waals surface area contributed by atoms with Gasteiger partial charge in [0.15, 0.2) is 0 Å². The van der Waals surface area contributed by atoms with Crippen molar-refractivity contribution in [3.63, 3.8) is 0 Å². The van der Waals surface area contributed by atoms with E-state index in [1.165, 1.54) is 6.07 Å². The molecule has 1 heterocycles. The zero-order valence-corrected chi connectivity index (χ0v) is 8.76. The van der Waals surface area contributed by atoms with Gasteiger partial charge >= 0.3 is 5.97 Å². The number of amides is 1. The van der Waals surface area contributed by atoms with E-state index >= 15 is 0 Å². The van der Waals surface area contributed by atoms with Crippen molar-refractivity contribution in [3.8, 4) is 12.3 Å². The Morgan fingerprint density at radius 3 is 2.82 bits per heavy atom. The van der Waals surface area contributed by atoms with Crippen LogP contribution in [0, 0.1) is 18.3 Å². The van der Waals surface area contributed by atoms with Gasteiger partial charge in [-0.25, -0.2) is 4.98 Å². The molecule has 0 aromatic carbocycles. The highest BCUT2D eigenvalue weighted by atomic mass is 19.1. The Kier molecular flexibility index (Phi) is 4.17. The van der Waals surface area contributed by atoms with Crippen LogP contribution in [0.2, 0.25) is 0 Å². The topological polar surface area (TPSA) is 70.5 Å². The molecule has 0 aliphatic heterocycles. The van der Waals surface area contributed by atoms with Crippen molar-refractivity contribution in [1.29, 1.82) is 0 Å². The van der Waals surface area contributed by atoms with E-state index in [0.717, 1.165) is 17.2 Å². The number of aliphatic carboxylic acids is 1. The minimum Gasteiger partial charge on any atom is -0.480 e. The molecule has 1 rings (SSSR count). The molecular formula is C11H9FN2O3. The number of carbonyl (C=O) groups is 2. The molecule has 17 heavy (non-hydrogen) atoms. The van der Waals surface area contributed by atoms with Crippen molar-refractivity contribution in [3.05, 3.63) is 29.8 Å². The Balaban J connectivity index is 2.92. The van der Waals surface area contributed by atoms with Crippen LogP contribution in [0.3, 0.4) is 0 Å². The van der Waals surface area contributed by atoms with Gasteiger partial charge in [0.2, 0.25) is 5.95 Å². The van der Waals surface area contributed by atoms with Gasteiger partial charge in [-0.05, 0) is 6.07 Å². The molecular weight excluding hydrogens is 227 g/mol. The van der Waals surface area contributed by atoms with Crippen molar-refractivity contribution in [2.24, 2.45) is 0 Å². The third-order valence-corrected chi connectivity index (χ3v) is 1.87. The first-order chi connectivity index (χ1) is 8.04. The third kappa shape index (κ3) is 3.57. The number of carboxylic acids is 1. The van der Waals surface area contributed by atoms with Crippen LogP contribution in [0.25, 0.3) is 0 Å². The lowest BCUT2D eigenvalue weighted by Gasteiger charge is -2.17. The average molecular weight is 236 g/mol. The first-order valence-corrected chi connectivity index (χ1v) is 4.60. The number of carboxylic acid groups (broad SMARTS) is 1. The molecule has 0 bridgehead atoms. The number of pyridine rings is 1. The number of aromatic nitrogens is 1. The number of nitrogens with zero attached hydrogens (tertiary/aromatic N) is 2. The van der Waals surface area contributed by atoms with E-state index in [1.54, 1.807) is 0 Å². The standard InChI is InChI=1S/C11H9FN2O3/c1-2-5-14(7-10(15)16)11(17)8-3-4-13-9(12)6-8/h1,3-4,6H,5,7H2,(H,15,16). The zero-order valence-electron chi connectivity index (χ0n) is 8.76. The predicted molar refractivity (Wildman–Crippen MR) is 56.6 cm³/mol. The van der Waals surface area contributed by atoms with Crippen LogP contribution in [0.15, 0.2) is 18.3 Å². The lowest BCUT2D eigenvalue weighted by molar-refractivity contribution is -0.137. The van der Waals surface area contributed by atoms with E-state index in [0.29, 0.717) is 0 Å². The van der Waals surface area contributed by atoms with Crippen LogP contribution in [-0.2, 0) is 4.79 Å². The molecule has 0 atom stereocenters. The molecule has 1 aromatic heterocycles. The van der Waals surface area contributed by atoms with Gasteiger partial charge in [-0.1, -0.05) is 5.92 Å². The SMILES string of the molecule is C#CCN(CC(=O)O)C(=O)c1ccnc(F)c1. The van der Waals surface area contributed by atoms with Gasteiger partial charge < -0.3 is 10.0 Å². The molecule has 0 radical (unpaired) electrons. The van der Waals surface area contributed by atoms with Gasteiger partial charge in [0, 0.05) is 17.8 Å². The fraction of sp³-hybridized carbons (Fsp3) is 0.182. The largest absolute Gasteiger partial charge is 0.480 e. The normalized spacial score (nSPS) is 9.41. The third-order valence-electron chi connectivity index (χ3n) is 1.87. The molecule has 0 saturated heterocycles. The van der Waals surface area contributed by atoms with Gasteiger partial charge in [0.1, 0.15) is 6.54 Å². The highest BCUT2D eigenvalue weighted by Gasteiger charge is 2.18. The number of halogens is 1. The summed E-state index contributed by atoms with van der Waals surface area (Å²) in [5, 5.41) is 8.61. The Morgan fingerprint density at radius 1 is 1.59 bits per heavy atom. The maximum atomic E-state index is 12.8. The molecule has 0 saturated carbocycles. The second-order valence-electron chi connectivity index (χ2n) is 3.13. The van der Waals surface area contributed by atoms with E-state index in [9.17, 15) is 14.0 Å². The van der Waals surface area contributed by atoms with Gasteiger partial charge in [0.05, 0.1) is 6.54 Å². The summed E-state index contributed by atoms with van der Waals surface area (Å²) in [5.41, 5.74) is 0.00833. The van der Waals surface area contributed by atoms with Gasteiger partial charge in [0.25, 0.3) is 5.91 Å². The Hall–Kier alpha value is -2.42. The van der Waals surface area contributed by atoms with Gasteiger partial charge in [-0.3, -0.25) is 9.59 Å². The Labute approximate surface area is 96.9 Å². The molecule has 0 aliphatic rings. The second kappa shape index (κ2) is 5.61. The van der Waals surface area contributed by atoms with Crippen LogP contribution in [0.1, 0.15) is 10.4 Å². The molecule has 6 heteroatoms. The number of terminal acetylenes is 1. The van der Waals surface area contributed by atoms with Crippen molar-refractivity contribution >= 4 is 11.9 Å². The summed E-state index contributed by atoms with van der Waals surface area (Å²) in [4.78, 5) is 26.6. The molecule has 88 valence electrons. The van der Waals surface area contributed by atoms with E-state index in [1.807, 2.05) is 0 Å².